The van der Waals surface area contributed by atoms with Crippen LogP contribution in [0.5, 0.6) is 0 Å². The second-order valence-corrected chi connectivity index (χ2v) is 8.54. The normalized spacial score (nSPS) is 11.9. The molecule has 2 N–H and O–H groups in total. The summed E-state index contributed by atoms with van der Waals surface area (Å²) in [6, 6.07) is 3.98. The van der Waals surface area contributed by atoms with E-state index < -0.39 is 17.6 Å². The molecule has 1 aromatic heterocycles. The van der Waals surface area contributed by atoms with Crippen molar-refractivity contribution in [2.75, 3.05) is 13.1 Å². The number of aryl methyl sites for hydroxylation is 1. The molecule has 0 saturated heterocycles. The third kappa shape index (κ3) is 8.43. The molecule has 0 aliphatic carbocycles. The van der Waals surface area contributed by atoms with Gasteiger partial charge in [-0.2, -0.15) is 5.26 Å². The monoisotopic (exact) mass is 402 g/mol. The molecule has 29 heavy (non-hydrogen) atoms. The number of carbonyl (C=O) groups excluding carboxylic acids is 2. The molecule has 0 radical (unpaired) electrons. The largest absolute Gasteiger partial charge is 0.444 e. The standard InChI is InChI=1S/C22H34N4O3/c1-15(2)14-26-16(3)11-18(17(26)4)12-19(13-23)20(27)24-9-8-10-25-21(28)29-22(5,6)7/h11-12,15H,8-10,14H2,1-7H3,(H,24,27)(H,25,28)/b19-12-. The molecule has 2 amide bonds. The number of hydrogen-bond acceptors (Lipinski definition) is 4. The number of nitrogens with one attached hydrogen (secondary N) is 2. The average Bonchev–Trinajstić information content (AvgIpc) is 2.84. The fraction of sp³-hybridized carbons (Fsp3) is 0.591. The minimum absolute atomic E-state index is 0.0647. The van der Waals surface area contributed by atoms with Crippen molar-refractivity contribution in [2.45, 2.75) is 67.0 Å². The maximum absolute atomic E-state index is 12.3. The summed E-state index contributed by atoms with van der Waals surface area (Å²) in [5.74, 6) is 0.0862. The van der Waals surface area contributed by atoms with Crippen LogP contribution < -0.4 is 10.6 Å². The van der Waals surface area contributed by atoms with Gasteiger partial charge in [-0.15, -0.1) is 0 Å². The molecular weight excluding hydrogens is 368 g/mol. The molecule has 160 valence electrons. The minimum atomic E-state index is -0.546. The fourth-order valence-electron chi connectivity index (χ4n) is 2.81. The first-order valence-electron chi connectivity index (χ1n) is 9.98. The van der Waals surface area contributed by atoms with Crippen molar-refractivity contribution in [1.82, 2.24) is 15.2 Å². The van der Waals surface area contributed by atoms with Crippen molar-refractivity contribution in [3.05, 3.63) is 28.6 Å². The summed E-state index contributed by atoms with van der Waals surface area (Å²) in [4.78, 5) is 23.9. The molecular formula is C22H34N4O3. The van der Waals surface area contributed by atoms with Gasteiger partial charge in [-0.05, 0) is 64.7 Å². The quantitative estimate of drug-likeness (QED) is 0.394. The Bertz CT molecular complexity index is 792. The van der Waals surface area contributed by atoms with Crippen molar-refractivity contribution in [3.63, 3.8) is 0 Å². The molecule has 0 atom stereocenters. The van der Waals surface area contributed by atoms with Crippen LogP contribution in [0.3, 0.4) is 0 Å². The number of alkyl carbamates (subject to hydrolysis) is 1. The van der Waals surface area contributed by atoms with Gasteiger partial charge in [0.1, 0.15) is 17.2 Å². The Morgan fingerprint density at radius 1 is 1.24 bits per heavy atom. The Morgan fingerprint density at radius 3 is 2.41 bits per heavy atom. The molecule has 0 aromatic carbocycles. The molecule has 0 unspecified atom stereocenters. The van der Waals surface area contributed by atoms with Gasteiger partial charge in [0.05, 0.1) is 0 Å². The van der Waals surface area contributed by atoms with Gasteiger partial charge >= 0.3 is 6.09 Å². The van der Waals surface area contributed by atoms with Crippen LogP contribution in [0.25, 0.3) is 6.08 Å². The van der Waals surface area contributed by atoms with E-state index in [0.29, 0.717) is 25.4 Å². The number of nitrogens with zero attached hydrogens (tertiary/aromatic N) is 2. The lowest BCUT2D eigenvalue weighted by atomic mass is 10.1. The predicted molar refractivity (Wildman–Crippen MR) is 114 cm³/mol. The number of ether oxygens (including phenoxy) is 1. The zero-order chi connectivity index (χ0) is 22.2. The van der Waals surface area contributed by atoms with E-state index in [9.17, 15) is 14.9 Å². The van der Waals surface area contributed by atoms with Crippen LogP contribution >= 0.6 is 0 Å². The highest BCUT2D eigenvalue weighted by Gasteiger charge is 2.16. The zero-order valence-corrected chi connectivity index (χ0v) is 18.7. The van der Waals surface area contributed by atoms with E-state index in [2.05, 4.69) is 29.0 Å². The summed E-state index contributed by atoms with van der Waals surface area (Å²) in [5, 5.41) is 14.7. The third-order valence-corrected chi connectivity index (χ3v) is 4.13. The number of amides is 2. The zero-order valence-electron chi connectivity index (χ0n) is 18.7. The summed E-state index contributed by atoms with van der Waals surface area (Å²) in [6.45, 7) is 15.3. The lowest BCUT2D eigenvalue weighted by molar-refractivity contribution is -0.117. The molecule has 0 bridgehead atoms. The highest BCUT2D eigenvalue weighted by atomic mass is 16.6. The Kier molecular flexibility index (Phi) is 8.96. The SMILES string of the molecule is Cc1cc(/C=C(/C#N)C(=O)NCCCNC(=O)OC(C)(C)C)c(C)n1CC(C)C. The smallest absolute Gasteiger partial charge is 0.407 e. The Hall–Kier alpha value is -2.75. The summed E-state index contributed by atoms with van der Waals surface area (Å²) < 4.78 is 7.34. The van der Waals surface area contributed by atoms with Crippen LogP contribution in [0.4, 0.5) is 4.79 Å². The van der Waals surface area contributed by atoms with Crippen molar-refractivity contribution in [2.24, 2.45) is 5.92 Å². The first-order chi connectivity index (χ1) is 13.4. The van der Waals surface area contributed by atoms with Gasteiger partial charge in [0.25, 0.3) is 5.91 Å². The average molecular weight is 403 g/mol. The highest BCUT2D eigenvalue weighted by Crippen LogP contribution is 2.19. The van der Waals surface area contributed by atoms with Gasteiger partial charge in [0.2, 0.25) is 0 Å². The van der Waals surface area contributed by atoms with E-state index in [0.717, 1.165) is 23.5 Å². The van der Waals surface area contributed by atoms with Crippen LogP contribution in [-0.2, 0) is 16.1 Å². The second kappa shape index (κ2) is 10.7. The lowest BCUT2D eigenvalue weighted by Gasteiger charge is -2.19. The van der Waals surface area contributed by atoms with Gasteiger partial charge in [0, 0.05) is 31.0 Å². The van der Waals surface area contributed by atoms with E-state index in [4.69, 9.17) is 4.74 Å². The van der Waals surface area contributed by atoms with Gasteiger partial charge < -0.3 is 19.9 Å². The molecule has 1 rings (SSSR count). The minimum Gasteiger partial charge on any atom is -0.444 e. The maximum atomic E-state index is 12.3. The van der Waals surface area contributed by atoms with Crippen molar-refractivity contribution in [3.8, 4) is 6.07 Å². The Morgan fingerprint density at radius 2 is 1.86 bits per heavy atom. The predicted octanol–water partition coefficient (Wildman–Crippen LogP) is 3.70. The van der Waals surface area contributed by atoms with E-state index >= 15 is 0 Å². The van der Waals surface area contributed by atoms with Crippen molar-refractivity contribution >= 4 is 18.1 Å². The molecule has 1 aromatic rings. The van der Waals surface area contributed by atoms with Gasteiger partial charge in [-0.1, -0.05) is 13.8 Å². The lowest BCUT2D eigenvalue weighted by Crippen LogP contribution is -2.34. The Labute approximate surface area is 174 Å². The van der Waals surface area contributed by atoms with E-state index in [1.165, 1.54) is 0 Å². The van der Waals surface area contributed by atoms with Gasteiger partial charge in [-0.25, -0.2) is 4.79 Å². The van der Waals surface area contributed by atoms with E-state index in [1.54, 1.807) is 26.8 Å². The van der Waals surface area contributed by atoms with Crippen LogP contribution in [0.2, 0.25) is 0 Å². The summed E-state index contributed by atoms with van der Waals surface area (Å²) in [5.41, 5.74) is 2.54. The maximum Gasteiger partial charge on any atom is 0.407 e. The molecule has 7 nitrogen and oxygen atoms in total. The summed E-state index contributed by atoms with van der Waals surface area (Å²) in [7, 11) is 0. The number of aromatic nitrogens is 1. The van der Waals surface area contributed by atoms with Gasteiger partial charge in [-0.3, -0.25) is 4.79 Å². The number of carbonyl (C=O) groups is 2. The van der Waals surface area contributed by atoms with E-state index in [-0.39, 0.29) is 5.57 Å². The fourth-order valence-corrected chi connectivity index (χ4v) is 2.81. The van der Waals surface area contributed by atoms with Gasteiger partial charge in [0.15, 0.2) is 0 Å². The first kappa shape index (κ1) is 24.3. The second-order valence-electron chi connectivity index (χ2n) is 8.54. The topological polar surface area (TPSA) is 96.2 Å². The van der Waals surface area contributed by atoms with Crippen molar-refractivity contribution in [1.29, 1.82) is 5.26 Å². The van der Waals surface area contributed by atoms with Crippen LogP contribution in [0, 0.1) is 31.1 Å². The van der Waals surface area contributed by atoms with Crippen LogP contribution in [0.1, 0.15) is 58.0 Å². The van der Waals surface area contributed by atoms with Crippen molar-refractivity contribution < 1.29 is 14.3 Å². The van der Waals surface area contributed by atoms with Crippen LogP contribution in [-0.4, -0.2) is 35.3 Å². The van der Waals surface area contributed by atoms with Crippen LogP contribution in [0.15, 0.2) is 11.6 Å². The summed E-state index contributed by atoms with van der Waals surface area (Å²) in [6.07, 6.45) is 1.68. The molecule has 0 aliphatic heterocycles. The first-order valence-corrected chi connectivity index (χ1v) is 9.98. The number of rotatable bonds is 8. The molecule has 7 heteroatoms. The number of nitriles is 1. The summed E-state index contributed by atoms with van der Waals surface area (Å²) >= 11 is 0. The third-order valence-electron chi connectivity index (χ3n) is 4.13. The Balaban J connectivity index is 2.61. The molecule has 0 saturated carbocycles. The molecule has 0 aliphatic rings. The highest BCUT2D eigenvalue weighted by molar-refractivity contribution is 6.01. The molecule has 0 fully saturated rings. The molecule has 0 spiro atoms. The molecule has 1 heterocycles. The number of hydrogen-bond donors (Lipinski definition) is 2. The van der Waals surface area contributed by atoms with E-state index in [1.807, 2.05) is 26.0 Å².